The van der Waals surface area contributed by atoms with Crippen LogP contribution in [0.15, 0.2) is 5.38 Å². The quantitative estimate of drug-likeness (QED) is 0.867. The molecule has 0 bridgehead atoms. The monoisotopic (exact) mass is 307 g/mol. The first-order valence-electron chi connectivity index (χ1n) is 7.59. The molecule has 3 rings (SSSR count). The molecule has 3 unspecified atom stereocenters. The molecule has 2 heterocycles. The van der Waals surface area contributed by atoms with E-state index < -0.39 is 0 Å². The standard InChI is InChI=1S/C15H21N3O2S/c1-4-16-9(3)12-7-21-15(17-12)18-13(19)10-5-8(2)6-11(10)14(18)20/h7-11,16H,4-6H2,1-3H3. The van der Waals surface area contributed by atoms with Crippen LogP contribution in [0.3, 0.4) is 0 Å². The zero-order valence-electron chi connectivity index (χ0n) is 12.6. The van der Waals surface area contributed by atoms with Gasteiger partial charge < -0.3 is 5.32 Å². The van der Waals surface area contributed by atoms with Gasteiger partial charge in [-0.15, -0.1) is 11.3 Å². The van der Waals surface area contributed by atoms with Gasteiger partial charge in [-0.05, 0) is 32.2 Å². The number of hydrogen-bond donors (Lipinski definition) is 1. The predicted octanol–water partition coefficient (Wildman–Crippen LogP) is 2.35. The van der Waals surface area contributed by atoms with Crippen molar-refractivity contribution in [2.24, 2.45) is 17.8 Å². The molecule has 1 aliphatic heterocycles. The number of imide groups is 1. The van der Waals surface area contributed by atoms with Crippen LogP contribution in [-0.4, -0.2) is 23.3 Å². The largest absolute Gasteiger partial charge is 0.309 e. The van der Waals surface area contributed by atoms with Gasteiger partial charge in [0.05, 0.1) is 17.5 Å². The molecule has 2 aliphatic rings. The lowest BCUT2D eigenvalue weighted by atomic mass is 10.00. The van der Waals surface area contributed by atoms with Gasteiger partial charge in [0.25, 0.3) is 0 Å². The van der Waals surface area contributed by atoms with E-state index in [1.165, 1.54) is 16.2 Å². The number of aromatic nitrogens is 1. The van der Waals surface area contributed by atoms with Gasteiger partial charge >= 0.3 is 0 Å². The number of amides is 2. The lowest BCUT2D eigenvalue weighted by molar-refractivity contribution is -0.123. The summed E-state index contributed by atoms with van der Waals surface area (Å²) < 4.78 is 0. The van der Waals surface area contributed by atoms with E-state index in [1.54, 1.807) is 0 Å². The zero-order chi connectivity index (χ0) is 15.1. The molecule has 114 valence electrons. The van der Waals surface area contributed by atoms with E-state index in [0.717, 1.165) is 25.1 Å². The first-order valence-corrected chi connectivity index (χ1v) is 8.47. The lowest BCUT2D eigenvalue weighted by Gasteiger charge is -2.14. The molecule has 0 spiro atoms. The highest BCUT2D eigenvalue weighted by Crippen LogP contribution is 2.44. The Morgan fingerprint density at radius 3 is 2.57 bits per heavy atom. The third-order valence-corrected chi connectivity index (χ3v) is 5.37. The van der Waals surface area contributed by atoms with Crippen LogP contribution in [0.1, 0.15) is 45.3 Å². The van der Waals surface area contributed by atoms with E-state index in [9.17, 15) is 9.59 Å². The van der Waals surface area contributed by atoms with Gasteiger partial charge in [0.15, 0.2) is 5.13 Å². The summed E-state index contributed by atoms with van der Waals surface area (Å²) in [6.45, 7) is 7.05. The molecular weight excluding hydrogens is 286 g/mol. The van der Waals surface area contributed by atoms with Crippen LogP contribution in [0.25, 0.3) is 0 Å². The fraction of sp³-hybridized carbons (Fsp3) is 0.667. The Balaban J connectivity index is 1.82. The van der Waals surface area contributed by atoms with E-state index in [-0.39, 0.29) is 29.7 Å². The highest BCUT2D eigenvalue weighted by atomic mass is 32.1. The van der Waals surface area contributed by atoms with Crippen LogP contribution in [0.2, 0.25) is 0 Å². The molecule has 5 nitrogen and oxygen atoms in total. The van der Waals surface area contributed by atoms with Gasteiger partial charge in [0.2, 0.25) is 11.8 Å². The maximum absolute atomic E-state index is 12.5. The summed E-state index contributed by atoms with van der Waals surface area (Å²) in [6.07, 6.45) is 1.66. The zero-order valence-corrected chi connectivity index (χ0v) is 13.4. The van der Waals surface area contributed by atoms with Crippen LogP contribution in [0.4, 0.5) is 5.13 Å². The summed E-state index contributed by atoms with van der Waals surface area (Å²) in [4.78, 5) is 30.8. The number of hydrogen-bond acceptors (Lipinski definition) is 5. The number of nitrogens with zero attached hydrogens (tertiary/aromatic N) is 2. The van der Waals surface area contributed by atoms with Gasteiger partial charge in [0.1, 0.15) is 0 Å². The first kappa shape index (κ1) is 14.7. The number of nitrogens with one attached hydrogen (secondary N) is 1. The molecule has 1 aromatic heterocycles. The molecule has 1 aromatic rings. The summed E-state index contributed by atoms with van der Waals surface area (Å²) >= 11 is 1.38. The van der Waals surface area contributed by atoms with E-state index >= 15 is 0 Å². The summed E-state index contributed by atoms with van der Waals surface area (Å²) in [6, 6.07) is 0.132. The Bertz CT molecular complexity index is 547. The topological polar surface area (TPSA) is 62.3 Å². The van der Waals surface area contributed by atoms with Gasteiger partial charge in [-0.25, -0.2) is 9.88 Å². The fourth-order valence-electron chi connectivity index (χ4n) is 3.45. The molecule has 1 N–H and O–H groups in total. The first-order chi connectivity index (χ1) is 10.0. The van der Waals surface area contributed by atoms with Crippen molar-refractivity contribution in [3.63, 3.8) is 0 Å². The summed E-state index contributed by atoms with van der Waals surface area (Å²) in [5.41, 5.74) is 0.892. The van der Waals surface area contributed by atoms with Crippen LogP contribution < -0.4 is 10.2 Å². The van der Waals surface area contributed by atoms with E-state index in [4.69, 9.17) is 0 Å². The molecule has 1 aliphatic carbocycles. The normalized spacial score (nSPS) is 30.0. The van der Waals surface area contributed by atoms with Crippen LogP contribution in [-0.2, 0) is 9.59 Å². The van der Waals surface area contributed by atoms with Crippen molar-refractivity contribution < 1.29 is 9.59 Å². The Kier molecular flexibility index (Phi) is 3.84. The molecule has 1 saturated heterocycles. The van der Waals surface area contributed by atoms with Crippen LogP contribution in [0.5, 0.6) is 0 Å². The molecule has 21 heavy (non-hydrogen) atoms. The minimum atomic E-state index is -0.119. The number of carbonyl (C=O) groups is 2. The Morgan fingerprint density at radius 2 is 2.00 bits per heavy atom. The molecule has 3 atom stereocenters. The van der Waals surface area contributed by atoms with Crippen molar-refractivity contribution in [2.45, 2.75) is 39.7 Å². The van der Waals surface area contributed by atoms with Crippen LogP contribution >= 0.6 is 11.3 Å². The predicted molar refractivity (Wildman–Crippen MR) is 82.1 cm³/mol. The van der Waals surface area contributed by atoms with Crippen LogP contribution in [0, 0.1) is 17.8 Å². The number of anilines is 1. The van der Waals surface area contributed by atoms with Gasteiger partial charge in [-0.2, -0.15) is 0 Å². The molecule has 2 amide bonds. The van der Waals surface area contributed by atoms with Crippen molar-refractivity contribution in [3.05, 3.63) is 11.1 Å². The molecule has 2 fully saturated rings. The molecule has 1 saturated carbocycles. The summed E-state index contributed by atoms with van der Waals surface area (Å²) in [5, 5.41) is 5.75. The average molecular weight is 307 g/mol. The molecule has 0 aromatic carbocycles. The van der Waals surface area contributed by atoms with Crippen molar-refractivity contribution in [3.8, 4) is 0 Å². The van der Waals surface area contributed by atoms with E-state index in [1.807, 2.05) is 19.2 Å². The maximum Gasteiger partial charge on any atom is 0.239 e. The van der Waals surface area contributed by atoms with Gasteiger partial charge in [-0.1, -0.05) is 13.8 Å². The van der Waals surface area contributed by atoms with Gasteiger partial charge in [0, 0.05) is 11.4 Å². The second kappa shape index (κ2) is 5.50. The van der Waals surface area contributed by atoms with Crippen molar-refractivity contribution in [1.29, 1.82) is 0 Å². The van der Waals surface area contributed by atoms with E-state index in [0.29, 0.717) is 11.0 Å². The number of thiazole rings is 1. The van der Waals surface area contributed by atoms with E-state index in [2.05, 4.69) is 17.2 Å². The Morgan fingerprint density at radius 1 is 1.38 bits per heavy atom. The van der Waals surface area contributed by atoms with Gasteiger partial charge in [-0.3, -0.25) is 9.59 Å². The highest BCUT2D eigenvalue weighted by Gasteiger charge is 2.53. The minimum absolute atomic E-state index is 0.0497. The number of carbonyl (C=O) groups excluding carboxylic acids is 2. The minimum Gasteiger partial charge on any atom is -0.309 e. The lowest BCUT2D eigenvalue weighted by Crippen LogP contribution is -2.32. The fourth-order valence-corrected chi connectivity index (χ4v) is 4.38. The molecule has 0 radical (unpaired) electrons. The number of fused-ring (bicyclic) bond motifs is 1. The van der Waals surface area contributed by atoms with Crippen molar-refractivity contribution >= 4 is 28.3 Å². The van der Waals surface area contributed by atoms with Crippen molar-refractivity contribution in [1.82, 2.24) is 10.3 Å². The molecular formula is C15H21N3O2S. The average Bonchev–Trinajstić information content (AvgIpc) is 3.09. The Hall–Kier alpha value is -1.27. The second-order valence-corrected chi connectivity index (χ2v) is 6.97. The third kappa shape index (κ3) is 2.40. The SMILES string of the molecule is CCNC(C)c1csc(N2C(=O)C3CC(C)CC3C2=O)n1. The second-order valence-electron chi connectivity index (χ2n) is 6.14. The van der Waals surface area contributed by atoms with Crippen molar-refractivity contribution in [2.75, 3.05) is 11.4 Å². The third-order valence-electron chi connectivity index (χ3n) is 4.53. The highest BCUT2D eigenvalue weighted by molar-refractivity contribution is 7.14. The number of rotatable bonds is 4. The summed E-state index contributed by atoms with van der Waals surface area (Å²) in [5.74, 6) is 0.130. The maximum atomic E-state index is 12.5. The smallest absolute Gasteiger partial charge is 0.239 e. The molecule has 6 heteroatoms. The Labute approximate surface area is 128 Å². The summed E-state index contributed by atoms with van der Waals surface area (Å²) in [7, 11) is 0.